The van der Waals surface area contributed by atoms with Crippen molar-refractivity contribution in [1.82, 2.24) is 5.01 Å². The highest BCUT2D eigenvalue weighted by Crippen LogP contribution is 2.36. The van der Waals surface area contributed by atoms with Gasteiger partial charge in [0.1, 0.15) is 17.2 Å². The average molecular weight is 382 g/mol. The van der Waals surface area contributed by atoms with Crippen LogP contribution in [0, 0.1) is 0 Å². The van der Waals surface area contributed by atoms with Crippen LogP contribution >= 0.6 is 0 Å². The first-order chi connectivity index (χ1) is 13.4. The van der Waals surface area contributed by atoms with E-state index in [2.05, 4.69) is 5.10 Å². The van der Waals surface area contributed by atoms with E-state index in [0.717, 1.165) is 11.3 Å². The van der Waals surface area contributed by atoms with Gasteiger partial charge in [-0.25, -0.2) is 5.01 Å². The summed E-state index contributed by atoms with van der Waals surface area (Å²) in [6, 6.07) is 12.5. The number of nitrogens with zero attached hydrogens (tertiary/aromatic N) is 2. The quantitative estimate of drug-likeness (QED) is 0.586. The van der Waals surface area contributed by atoms with E-state index in [1.807, 2.05) is 24.3 Å². The van der Waals surface area contributed by atoms with Gasteiger partial charge in [-0.15, -0.1) is 0 Å². The molecule has 0 saturated carbocycles. The van der Waals surface area contributed by atoms with E-state index in [4.69, 9.17) is 14.2 Å². The van der Waals surface area contributed by atoms with E-state index in [9.17, 15) is 9.59 Å². The minimum Gasteiger partial charge on any atom is -0.497 e. The zero-order valence-electron chi connectivity index (χ0n) is 16.3. The number of esters is 1. The summed E-state index contributed by atoms with van der Waals surface area (Å²) in [5, 5.41) is 5.98. The van der Waals surface area contributed by atoms with Crippen molar-refractivity contribution in [3.63, 3.8) is 0 Å². The van der Waals surface area contributed by atoms with Crippen molar-refractivity contribution in [2.75, 3.05) is 14.2 Å². The fourth-order valence-corrected chi connectivity index (χ4v) is 3.16. The summed E-state index contributed by atoms with van der Waals surface area (Å²) >= 11 is 0. The summed E-state index contributed by atoms with van der Waals surface area (Å²) in [6.07, 6.45) is 0.493. The van der Waals surface area contributed by atoms with Crippen LogP contribution in [0.25, 0.3) is 0 Å². The van der Waals surface area contributed by atoms with E-state index < -0.39 is 5.97 Å². The molecule has 3 rings (SSSR count). The first-order valence-corrected chi connectivity index (χ1v) is 8.81. The number of hydrogen-bond acceptors (Lipinski definition) is 6. The summed E-state index contributed by atoms with van der Waals surface area (Å²) in [7, 11) is 3.14. The van der Waals surface area contributed by atoms with E-state index in [0.29, 0.717) is 29.2 Å². The lowest BCUT2D eigenvalue weighted by molar-refractivity contribution is -0.132. The van der Waals surface area contributed by atoms with E-state index in [1.165, 1.54) is 26.0 Å². The van der Waals surface area contributed by atoms with Gasteiger partial charge in [-0.05, 0) is 29.8 Å². The van der Waals surface area contributed by atoms with Crippen molar-refractivity contribution in [3.8, 4) is 17.2 Å². The smallest absolute Gasteiger partial charge is 0.308 e. The van der Waals surface area contributed by atoms with Crippen LogP contribution in [0.1, 0.15) is 37.4 Å². The fourth-order valence-electron chi connectivity index (χ4n) is 3.16. The Bertz CT molecular complexity index is 921. The summed E-state index contributed by atoms with van der Waals surface area (Å²) in [5.74, 6) is 1.05. The number of rotatable bonds is 5. The van der Waals surface area contributed by atoms with Crippen molar-refractivity contribution >= 4 is 17.6 Å². The molecular formula is C21H22N2O5. The molecule has 2 aromatic rings. The van der Waals surface area contributed by atoms with Crippen LogP contribution in [0.2, 0.25) is 0 Å². The summed E-state index contributed by atoms with van der Waals surface area (Å²) < 4.78 is 15.8. The van der Waals surface area contributed by atoms with Crippen LogP contribution < -0.4 is 14.2 Å². The topological polar surface area (TPSA) is 77.4 Å². The zero-order chi connectivity index (χ0) is 20.3. The molecule has 0 radical (unpaired) electrons. The normalized spacial score (nSPS) is 15.8. The van der Waals surface area contributed by atoms with Gasteiger partial charge in [-0.2, -0.15) is 5.10 Å². The highest BCUT2D eigenvalue weighted by atomic mass is 16.5. The number of carbonyl (C=O) groups excluding carboxylic acids is 2. The van der Waals surface area contributed by atoms with Gasteiger partial charge in [0.25, 0.3) is 0 Å². The first-order valence-electron chi connectivity index (χ1n) is 8.81. The van der Waals surface area contributed by atoms with Gasteiger partial charge in [-0.3, -0.25) is 9.59 Å². The highest BCUT2D eigenvalue weighted by molar-refractivity contribution is 6.05. The molecule has 0 spiro atoms. The lowest BCUT2D eigenvalue weighted by Gasteiger charge is -2.20. The Hall–Kier alpha value is -3.35. The molecule has 0 unspecified atom stereocenters. The molecule has 28 heavy (non-hydrogen) atoms. The van der Waals surface area contributed by atoms with Gasteiger partial charge < -0.3 is 14.2 Å². The van der Waals surface area contributed by atoms with Crippen LogP contribution in [-0.2, 0) is 9.59 Å². The second-order valence-corrected chi connectivity index (χ2v) is 6.36. The number of methoxy groups -OCH3 is 2. The molecule has 146 valence electrons. The molecule has 7 heteroatoms. The molecule has 7 nitrogen and oxygen atoms in total. The Morgan fingerprint density at radius 2 is 1.64 bits per heavy atom. The van der Waals surface area contributed by atoms with Crippen molar-refractivity contribution in [3.05, 3.63) is 53.6 Å². The second kappa shape index (κ2) is 8.12. The lowest BCUT2D eigenvalue weighted by atomic mass is 9.97. The maximum Gasteiger partial charge on any atom is 0.308 e. The Balaban J connectivity index is 1.97. The highest BCUT2D eigenvalue weighted by Gasteiger charge is 2.32. The summed E-state index contributed by atoms with van der Waals surface area (Å²) in [4.78, 5) is 23.7. The monoisotopic (exact) mass is 382 g/mol. The average Bonchev–Trinajstić information content (AvgIpc) is 3.13. The molecular weight excluding hydrogens is 360 g/mol. The zero-order valence-corrected chi connectivity index (χ0v) is 16.3. The number of benzene rings is 2. The number of amides is 1. The molecule has 0 aromatic heterocycles. The molecule has 0 aliphatic carbocycles. The van der Waals surface area contributed by atoms with E-state index in [-0.39, 0.29) is 11.9 Å². The number of hydrogen-bond donors (Lipinski definition) is 0. The van der Waals surface area contributed by atoms with Gasteiger partial charge in [0.2, 0.25) is 5.91 Å². The van der Waals surface area contributed by atoms with E-state index >= 15 is 0 Å². The molecule has 0 saturated heterocycles. The third-order valence-corrected chi connectivity index (χ3v) is 4.49. The molecule has 1 atom stereocenters. The van der Waals surface area contributed by atoms with Gasteiger partial charge in [0.15, 0.2) is 0 Å². The maximum absolute atomic E-state index is 12.2. The maximum atomic E-state index is 12.2. The SMILES string of the molecule is COc1ccc([C@@H]2CC(c3ccc(OC)cc3OC(C)=O)=NN2C(C)=O)cc1. The van der Waals surface area contributed by atoms with Crippen LogP contribution in [0.15, 0.2) is 47.6 Å². The van der Waals surface area contributed by atoms with Crippen molar-refractivity contribution in [2.45, 2.75) is 26.3 Å². The molecule has 2 aromatic carbocycles. The Morgan fingerprint density at radius 3 is 2.21 bits per heavy atom. The summed E-state index contributed by atoms with van der Waals surface area (Å²) in [6.45, 7) is 2.81. The fraction of sp³-hybridized carbons (Fsp3) is 0.286. The van der Waals surface area contributed by atoms with Crippen molar-refractivity contribution in [1.29, 1.82) is 0 Å². The largest absolute Gasteiger partial charge is 0.497 e. The Labute approximate surface area is 163 Å². The number of carbonyl (C=O) groups is 2. The molecule has 1 heterocycles. The van der Waals surface area contributed by atoms with Crippen molar-refractivity contribution in [2.24, 2.45) is 5.10 Å². The Morgan fingerprint density at radius 1 is 1.00 bits per heavy atom. The van der Waals surface area contributed by atoms with Crippen LogP contribution in [-0.4, -0.2) is 36.8 Å². The molecule has 1 amide bonds. The first kappa shape index (κ1) is 19.4. The van der Waals surface area contributed by atoms with E-state index in [1.54, 1.807) is 25.3 Å². The Kier molecular flexibility index (Phi) is 5.63. The number of hydrazone groups is 1. The van der Waals surface area contributed by atoms with Gasteiger partial charge in [0.05, 0.1) is 26.0 Å². The minimum atomic E-state index is -0.441. The summed E-state index contributed by atoms with van der Waals surface area (Å²) in [5.41, 5.74) is 2.26. The van der Waals surface area contributed by atoms with Crippen LogP contribution in [0.3, 0.4) is 0 Å². The predicted molar refractivity (Wildman–Crippen MR) is 104 cm³/mol. The third-order valence-electron chi connectivity index (χ3n) is 4.49. The second-order valence-electron chi connectivity index (χ2n) is 6.36. The predicted octanol–water partition coefficient (Wildman–Crippen LogP) is 3.33. The molecule has 1 aliphatic heterocycles. The molecule has 0 bridgehead atoms. The third kappa shape index (κ3) is 3.98. The molecule has 1 aliphatic rings. The van der Waals surface area contributed by atoms with Crippen molar-refractivity contribution < 1.29 is 23.8 Å². The molecule has 0 fully saturated rings. The van der Waals surface area contributed by atoms with Gasteiger partial charge >= 0.3 is 5.97 Å². The lowest BCUT2D eigenvalue weighted by Crippen LogP contribution is -2.24. The minimum absolute atomic E-state index is 0.168. The van der Waals surface area contributed by atoms with Gasteiger partial charge in [0, 0.05) is 31.9 Å². The number of ether oxygens (including phenoxy) is 3. The molecule has 0 N–H and O–H groups in total. The van der Waals surface area contributed by atoms with Crippen LogP contribution in [0.4, 0.5) is 0 Å². The van der Waals surface area contributed by atoms with Gasteiger partial charge in [-0.1, -0.05) is 12.1 Å². The van der Waals surface area contributed by atoms with Crippen LogP contribution in [0.5, 0.6) is 17.2 Å². The standard InChI is InChI=1S/C21H22N2O5/c1-13(24)23-20(15-5-7-16(26-3)8-6-15)12-19(22-23)18-10-9-17(27-4)11-21(18)28-14(2)25/h5-11,20H,12H2,1-4H3/t20-/m0/s1.